The summed E-state index contributed by atoms with van der Waals surface area (Å²) in [6.45, 7) is 3.43. The molecule has 1 atom stereocenters. The summed E-state index contributed by atoms with van der Waals surface area (Å²) in [5.41, 5.74) is 3.60. The van der Waals surface area contributed by atoms with E-state index in [1.807, 2.05) is 13.0 Å². The lowest BCUT2D eigenvalue weighted by atomic mass is 9.93. The number of fused-ring (bicyclic) bond motifs is 1. The molecule has 0 radical (unpaired) electrons. The van der Waals surface area contributed by atoms with Gasteiger partial charge in [0.15, 0.2) is 0 Å². The van der Waals surface area contributed by atoms with Crippen molar-refractivity contribution < 1.29 is 14.0 Å². The number of hydrogen-bond acceptors (Lipinski definition) is 4. The number of urea groups is 1. The number of nitrogens with one attached hydrogen (secondary N) is 4. The van der Waals surface area contributed by atoms with Crippen molar-refractivity contribution in [1.82, 2.24) is 10.3 Å². The zero-order valence-electron chi connectivity index (χ0n) is 17.6. The van der Waals surface area contributed by atoms with E-state index in [4.69, 9.17) is 0 Å². The van der Waals surface area contributed by atoms with Gasteiger partial charge in [0.1, 0.15) is 11.6 Å². The summed E-state index contributed by atoms with van der Waals surface area (Å²) in [6.07, 6.45) is 7.80. The zero-order valence-corrected chi connectivity index (χ0v) is 17.6. The lowest BCUT2D eigenvalue weighted by Crippen LogP contribution is -2.36. The Labute approximate surface area is 180 Å². The molecule has 7 nitrogen and oxygen atoms in total. The van der Waals surface area contributed by atoms with Gasteiger partial charge in [-0.2, -0.15) is 0 Å². The number of carbonyl (C=O) groups is 2. The minimum Gasteiger partial charge on any atom is -0.378 e. The van der Waals surface area contributed by atoms with E-state index in [2.05, 4.69) is 26.3 Å². The molecular weight excluding hydrogens is 397 g/mol. The molecule has 2 aliphatic rings. The Balaban J connectivity index is 1.56. The van der Waals surface area contributed by atoms with E-state index in [0.717, 1.165) is 48.1 Å². The highest BCUT2D eigenvalue weighted by Gasteiger charge is 2.21. The van der Waals surface area contributed by atoms with Gasteiger partial charge in [0.05, 0.1) is 5.69 Å². The van der Waals surface area contributed by atoms with Crippen molar-refractivity contribution in [3.05, 3.63) is 47.4 Å². The molecule has 1 fully saturated rings. The third kappa shape index (κ3) is 4.84. The number of carbonyl (C=O) groups excluding carboxylic acids is 2. The zero-order chi connectivity index (χ0) is 22.0. The molecule has 2 heterocycles. The van der Waals surface area contributed by atoms with Gasteiger partial charge in [0, 0.05) is 42.5 Å². The van der Waals surface area contributed by atoms with Gasteiger partial charge in [-0.1, -0.05) is 18.9 Å². The Morgan fingerprint density at radius 3 is 2.68 bits per heavy atom. The van der Waals surface area contributed by atoms with Crippen molar-refractivity contribution in [3.8, 4) is 0 Å². The number of aromatic nitrogens is 1. The first-order valence-electron chi connectivity index (χ1n) is 10.5. The quantitative estimate of drug-likeness (QED) is 0.578. The van der Waals surface area contributed by atoms with E-state index in [0.29, 0.717) is 5.82 Å². The Morgan fingerprint density at radius 1 is 1.16 bits per heavy atom. The van der Waals surface area contributed by atoms with Crippen LogP contribution in [0.2, 0.25) is 0 Å². The van der Waals surface area contributed by atoms with Crippen LogP contribution in [0.15, 0.2) is 30.5 Å². The lowest BCUT2D eigenvalue weighted by molar-refractivity contribution is -0.114. The molecule has 0 saturated heterocycles. The molecule has 162 valence electrons. The Bertz CT molecular complexity index is 1050. The van der Waals surface area contributed by atoms with Gasteiger partial charge in [-0.25, -0.2) is 14.2 Å². The van der Waals surface area contributed by atoms with Crippen molar-refractivity contribution >= 4 is 40.8 Å². The summed E-state index contributed by atoms with van der Waals surface area (Å²) in [6, 6.07) is 6.20. The molecule has 1 aromatic heterocycles. The fourth-order valence-corrected chi connectivity index (χ4v) is 4.11. The largest absolute Gasteiger partial charge is 0.378 e. The second kappa shape index (κ2) is 8.75. The summed E-state index contributed by atoms with van der Waals surface area (Å²) >= 11 is 0. The van der Waals surface area contributed by atoms with Crippen LogP contribution in [0.5, 0.6) is 0 Å². The normalized spacial score (nSPS) is 17.9. The first-order chi connectivity index (χ1) is 14.9. The van der Waals surface area contributed by atoms with Crippen LogP contribution in [0.25, 0.3) is 11.6 Å². The summed E-state index contributed by atoms with van der Waals surface area (Å²) in [7, 11) is 0. The number of halogens is 1. The number of nitrogens with zero attached hydrogens (tertiary/aromatic N) is 1. The summed E-state index contributed by atoms with van der Waals surface area (Å²) in [5, 5.41) is 11.6. The molecule has 1 unspecified atom stereocenters. The number of hydrogen-bond donors (Lipinski definition) is 4. The molecule has 1 aliphatic carbocycles. The van der Waals surface area contributed by atoms with Crippen LogP contribution in [-0.4, -0.2) is 29.0 Å². The monoisotopic (exact) mass is 423 g/mol. The minimum absolute atomic E-state index is 0.0642. The van der Waals surface area contributed by atoms with E-state index in [-0.39, 0.29) is 29.7 Å². The van der Waals surface area contributed by atoms with Gasteiger partial charge in [0.25, 0.3) is 0 Å². The molecule has 0 spiro atoms. The molecular formula is C23H26FN5O2. The van der Waals surface area contributed by atoms with Crippen LogP contribution in [-0.2, 0) is 4.79 Å². The van der Waals surface area contributed by atoms with Crippen molar-refractivity contribution in [1.29, 1.82) is 0 Å². The third-order valence-corrected chi connectivity index (χ3v) is 5.63. The average Bonchev–Trinajstić information content (AvgIpc) is 3.21. The summed E-state index contributed by atoms with van der Waals surface area (Å²) < 4.78 is 14.4. The molecule has 1 saturated carbocycles. The maximum Gasteiger partial charge on any atom is 0.319 e. The molecule has 31 heavy (non-hydrogen) atoms. The number of anilines is 3. The van der Waals surface area contributed by atoms with Crippen molar-refractivity contribution in [3.63, 3.8) is 0 Å². The van der Waals surface area contributed by atoms with Gasteiger partial charge in [-0.3, -0.25) is 4.79 Å². The Morgan fingerprint density at radius 2 is 1.94 bits per heavy atom. The second-order valence-electron chi connectivity index (χ2n) is 8.08. The SMILES string of the molecule is CC(=O)Nc1cc2c(cn1)C=C(c1ccc(F)c(NC(=O)NC3CCCC3)c1)C(C)N2. The molecule has 1 aromatic carbocycles. The van der Waals surface area contributed by atoms with Gasteiger partial charge in [-0.05, 0) is 49.1 Å². The maximum atomic E-state index is 14.4. The molecule has 3 amide bonds. The number of benzene rings is 1. The summed E-state index contributed by atoms with van der Waals surface area (Å²) in [5.74, 6) is -0.190. The first-order valence-corrected chi connectivity index (χ1v) is 10.5. The maximum absolute atomic E-state index is 14.4. The van der Waals surface area contributed by atoms with E-state index < -0.39 is 5.82 Å². The van der Waals surface area contributed by atoms with Crippen LogP contribution >= 0.6 is 0 Å². The highest BCUT2D eigenvalue weighted by Crippen LogP contribution is 2.34. The highest BCUT2D eigenvalue weighted by atomic mass is 19.1. The van der Waals surface area contributed by atoms with E-state index in [9.17, 15) is 14.0 Å². The van der Waals surface area contributed by atoms with Gasteiger partial charge < -0.3 is 21.3 Å². The summed E-state index contributed by atoms with van der Waals surface area (Å²) in [4.78, 5) is 27.8. The molecule has 2 aromatic rings. The second-order valence-corrected chi connectivity index (χ2v) is 8.08. The minimum atomic E-state index is -0.482. The smallest absolute Gasteiger partial charge is 0.319 e. The fourth-order valence-electron chi connectivity index (χ4n) is 4.11. The van der Waals surface area contributed by atoms with Crippen LogP contribution in [0.4, 0.5) is 26.4 Å². The van der Waals surface area contributed by atoms with Gasteiger partial charge >= 0.3 is 6.03 Å². The first kappa shape index (κ1) is 20.8. The van der Waals surface area contributed by atoms with Crippen LogP contribution in [0.1, 0.15) is 50.7 Å². The molecule has 4 N–H and O–H groups in total. The van der Waals surface area contributed by atoms with Crippen molar-refractivity contribution in [2.75, 3.05) is 16.0 Å². The van der Waals surface area contributed by atoms with Crippen molar-refractivity contribution in [2.24, 2.45) is 0 Å². The molecule has 4 rings (SSSR count). The van der Waals surface area contributed by atoms with Gasteiger partial charge in [0.2, 0.25) is 5.91 Å². The highest BCUT2D eigenvalue weighted by molar-refractivity contribution is 5.95. The van der Waals surface area contributed by atoms with E-state index in [1.165, 1.54) is 13.0 Å². The third-order valence-electron chi connectivity index (χ3n) is 5.63. The number of rotatable bonds is 4. The fraction of sp³-hybridized carbons (Fsp3) is 0.348. The van der Waals surface area contributed by atoms with Crippen LogP contribution < -0.4 is 21.3 Å². The Hall–Kier alpha value is -3.42. The molecule has 0 bridgehead atoms. The predicted molar refractivity (Wildman–Crippen MR) is 120 cm³/mol. The Kier molecular flexibility index (Phi) is 5.88. The topological polar surface area (TPSA) is 95.2 Å². The van der Waals surface area contributed by atoms with Crippen molar-refractivity contribution in [2.45, 2.75) is 51.6 Å². The van der Waals surface area contributed by atoms with Gasteiger partial charge in [-0.15, -0.1) is 0 Å². The average molecular weight is 423 g/mol. The lowest BCUT2D eigenvalue weighted by Gasteiger charge is -2.26. The van der Waals surface area contributed by atoms with E-state index >= 15 is 0 Å². The van der Waals surface area contributed by atoms with Crippen LogP contribution in [0, 0.1) is 5.82 Å². The van der Waals surface area contributed by atoms with Crippen LogP contribution in [0.3, 0.4) is 0 Å². The number of amides is 3. The molecule has 8 heteroatoms. The van der Waals surface area contributed by atoms with E-state index in [1.54, 1.807) is 24.4 Å². The predicted octanol–water partition coefficient (Wildman–Crippen LogP) is 4.60. The standard InChI is InChI=1S/C23H26FN5O2/c1-13-18(9-16-12-25-22(27-14(2)30)11-20(16)26-13)15-7-8-19(24)21(10-15)29-23(31)28-17-5-3-4-6-17/h7-13,17,26H,3-6H2,1-2H3,(H,25,27,30)(H2,28,29,31). The molecule has 1 aliphatic heterocycles. The number of pyridine rings is 1.